The van der Waals surface area contributed by atoms with E-state index >= 15 is 0 Å². The summed E-state index contributed by atoms with van der Waals surface area (Å²) in [4.78, 5) is 13.8. The Labute approximate surface area is 307 Å². The van der Waals surface area contributed by atoms with E-state index in [9.17, 15) is 22.7 Å². The Kier molecular flexibility index (Phi) is 9.35. The zero-order chi connectivity index (χ0) is 36.8. The highest BCUT2D eigenvalue weighted by Gasteiger charge is 2.70. The maximum atomic E-state index is 14.9. The summed E-state index contributed by atoms with van der Waals surface area (Å²) in [6.45, 7) is 23.7. The number of carboxylic acid groups (broad SMARTS) is 1. The Hall–Kier alpha value is -2.03. The number of benzene rings is 1. The Morgan fingerprint density at radius 2 is 1.71 bits per heavy atom. The van der Waals surface area contributed by atoms with Gasteiger partial charge in [-0.1, -0.05) is 58.9 Å². The first-order valence-corrected chi connectivity index (χ1v) is 21.7. The number of carboxylic acids is 1. The first kappa shape index (κ1) is 37.3. The van der Waals surface area contributed by atoms with Crippen LogP contribution in [0.25, 0.3) is 5.57 Å². The first-order valence-electron chi connectivity index (χ1n) is 19.9. The molecule has 1 aromatic rings. The molecule has 0 aromatic heterocycles. The minimum absolute atomic E-state index is 0.140. The Morgan fingerprint density at radius 3 is 2.37 bits per heavy atom. The monoisotopic (exact) mass is 722 g/mol. The normalized spacial score (nSPS) is 41.4. The lowest BCUT2D eigenvalue weighted by atomic mass is 9.32. The number of fused-ring (bicyclic) bond motifs is 7. The summed E-state index contributed by atoms with van der Waals surface area (Å²) in [5.74, 6) is 1.65. The summed E-state index contributed by atoms with van der Waals surface area (Å²) in [6, 6.07) is 4.69. The predicted molar refractivity (Wildman–Crippen MR) is 204 cm³/mol. The van der Waals surface area contributed by atoms with Crippen molar-refractivity contribution in [1.82, 2.24) is 10.2 Å². The van der Waals surface area contributed by atoms with Gasteiger partial charge in [-0.25, -0.2) is 17.6 Å². The summed E-state index contributed by atoms with van der Waals surface area (Å²) in [5.41, 5.74) is 3.84. The van der Waals surface area contributed by atoms with Gasteiger partial charge in [0.05, 0.1) is 17.1 Å². The smallest absolute Gasteiger partial charge is 0.338 e. The Balaban J connectivity index is 1.13. The lowest BCUT2D eigenvalue weighted by molar-refractivity contribution is -0.225. The molecule has 282 valence electrons. The molecule has 0 radical (unpaired) electrons. The molecule has 6 nitrogen and oxygen atoms in total. The van der Waals surface area contributed by atoms with Gasteiger partial charge in [-0.2, -0.15) is 0 Å². The lowest BCUT2D eigenvalue weighted by Gasteiger charge is -2.72. The molecule has 0 amide bonds. The van der Waals surface area contributed by atoms with Crippen molar-refractivity contribution in [1.29, 1.82) is 0 Å². The fourth-order valence-corrected chi connectivity index (χ4v) is 15.4. The van der Waals surface area contributed by atoms with Crippen LogP contribution in [-0.4, -0.2) is 68.6 Å². The van der Waals surface area contributed by atoms with Gasteiger partial charge in [-0.05, 0) is 145 Å². The molecular formula is C43H63FN2O4S. The number of hydrogen-bond acceptors (Lipinski definition) is 5. The molecule has 0 bridgehead atoms. The predicted octanol–water partition coefficient (Wildman–Crippen LogP) is 8.49. The highest BCUT2D eigenvalue weighted by atomic mass is 32.2. The van der Waals surface area contributed by atoms with Crippen molar-refractivity contribution in [2.45, 2.75) is 99.3 Å². The van der Waals surface area contributed by atoms with Gasteiger partial charge in [0.15, 0.2) is 9.84 Å². The third-order valence-electron chi connectivity index (χ3n) is 16.8. The Bertz CT molecular complexity index is 1710. The molecule has 1 aromatic carbocycles. The number of nitrogens with zero attached hydrogens (tertiary/aromatic N) is 1. The number of hydrogen-bond donors (Lipinski definition) is 2. The fourth-order valence-electron chi connectivity index (χ4n) is 14.1. The van der Waals surface area contributed by atoms with E-state index in [0.717, 1.165) is 38.0 Å². The van der Waals surface area contributed by atoms with Crippen LogP contribution < -0.4 is 5.32 Å². The molecule has 9 atom stereocenters. The largest absolute Gasteiger partial charge is 0.478 e. The zero-order valence-electron chi connectivity index (χ0n) is 32.1. The van der Waals surface area contributed by atoms with Crippen LogP contribution in [0.15, 0.2) is 36.4 Å². The van der Waals surface area contributed by atoms with E-state index in [1.54, 1.807) is 0 Å². The van der Waals surface area contributed by atoms with Crippen molar-refractivity contribution in [2.24, 2.45) is 56.7 Å². The van der Waals surface area contributed by atoms with E-state index in [4.69, 9.17) is 0 Å². The van der Waals surface area contributed by atoms with Crippen LogP contribution >= 0.6 is 0 Å². The lowest BCUT2D eigenvalue weighted by Crippen LogP contribution is -2.66. The van der Waals surface area contributed by atoms with Crippen LogP contribution in [0.5, 0.6) is 0 Å². The number of sulfone groups is 1. The van der Waals surface area contributed by atoms with Gasteiger partial charge in [0.2, 0.25) is 0 Å². The average molecular weight is 723 g/mol. The number of rotatable bonds is 8. The second-order valence-electron chi connectivity index (χ2n) is 19.3. The van der Waals surface area contributed by atoms with Gasteiger partial charge < -0.3 is 15.3 Å². The van der Waals surface area contributed by atoms with Gasteiger partial charge in [0.25, 0.3) is 0 Å². The van der Waals surface area contributed by atoms with Gasteiger partial charge in [-0.3, -0.25) is 0 Å². The zero-order valence-corrected chi connectivity index (χ0v) is 32.9. The number of halogens is 1. The van der Waals surface area contributed by atoms with Crippen molar-refractivity contribution < 1.29 is 22.7 Å². The second kappa shape index (κ2) is 12.8. The molecule has 51 heavy (non-hydrogen) atoms. The van der Waals surface area contributed by atoms with E-state index in [1.165, 1.54) is 68.2 Å². The van der Waals surface area contributed by atoms with Gasteiger partial charge in [-0.15, -0.1) is 0 Å². The van der Waals surface area contributed by atoms with Crippen molar-refractivity contribution >= 4 is 21.4 Å². The SMILES string of the molecule is C=C(C)[C@@H]1CC[C@]2(CNCCN3CCS(=O)(=O)CC3)CC[C@]3(C)[C@H](CC[C@@H]4[C@@]5(C)CC=C(c6ccc(C(=O)O)c(F)c6)C(C)(C)[C@@H]5CC[C@]43C)[C@@H]12. The van der Waals surface area contributed by atoms with Crippen LogP contribution in [0.4, 0.5) is 4.39 Å². The van der Waals surface area contributed by atoms with Crippen molar-refractivity contribution in [3.63, 3.8) is 0 Å². The van der Waals surface area contributed by atoms with E-state index in [-0.39, 0.29) is 38.7 Å². The molecule has 5 fully saturated rings. The third kappa shape index (κ3) is 5.82. The van der Waals surface area contributed by atoms with Gasteiger partial charge in [0, 0.05) is 32.7 Å². The van der Waals surface area contributed by atoms with E-state index in [0.29, 0.717) is 48.1 Å². The minimum atomic E-state index is -2.86. The highest BCUT2D eigenvalue weighted by Crippen LogP contribution is 2.77. The van der Waals surface area contributed by atoms with Crippen molar-refractivity contribution in [2.75, 3.05) is 44.2 Å². The van der Waals surface area contributed by atoms with Crippen LogP contribution in [0.1, 0.15) is 115 Å². The number of nitrogens with one attached hydrogen (secondary N) is 1. The minimum Gasteiger partial charge on any atom is -0.478 e. The molecule has 8 heteroatoms. The molecule has 2 N–H and O–H groups in total. The van der Waals surface area contributed by atoms with E-state index in [1.807, 2.05) is 6.07 Å². The third-order valence-corrected chi connectivity index (χ3v) is 18.5. The van der Waals surface area contributed by atoms with Crippen molar-refractivity contribution in [3.8, 4) is 0 Å². The molecular weight excluding hydrogens is 660 g/mol. The first-order chi connectivity index (χ1) is 23.9. The average Bonchev–Trinajstić information content (AvgIpc) is 3.44. The highest BCUT2D eigenvalue weighted by molar-refractivity contribution is 7.91. The summed E-state index contributed by atoms with van der Waals surface area (Å²) >= 11 is 0. The van der Waals surface area contributed by atoms with Crippen LogP contribution in [0, 0.1) is 62.5 Å². The van der Waals surface area contributed by atoms with E-state index < -0.39 is 21.6 Å². The topological polar surface area (TPSA) is 86.7 Å². The quantitative estimate of drug-likeness (QED) is 0.207. The standard InChI is InChI=1S/C43H63FN2O4S/c1-28(2)30-12-17-43(27-45-20-21-46-22-24-51(49,50)25-23-46)19-18-41(6)33(37(30)43)10-11-36-40(5)15-13-32(29-8-9-31(38(47)48)34(44)26-29)39(3,4)35(40)14-16-42(36,41)7/h8-9,13,26,30,33,35-37,45H,1,10-12,14-25,27H2,2-7H3,(H,47,48)/t30-,33+,35-,36+,37+,40-,41+,42+,43+/m0/s1. The molecule has 7 rings (SSSR count). The van der Waals surface area contributed by atoms with E-state index in [2.05, 4.69) is 64.4 Å². The summed E-state index contributed by atoms with van der Waals surface area (Å²) < 4.78 is 38.8. The molecule has 0 unspecified atom stereocenters. The van der Waals surface area contributed by atoms with Crippen LogP contribution in [-0.2, 0) is 9.84 Å². The number of aromatic carboxylic acids is 1. The molecule has 1 saturated heterocycles. The fraction of sp³-hybridized carbons (Fsp3) is 0.744. The molecule has 6 aliphatic rings. The maximum Gasteiger partial charge on any atom is 0.338 e. The van der Waals surface area contributed by atoms with Crippen LogP contribution in [0.3, 0.4) is 0 Å². The van der Waals surface area contributed by atoms with Gasteiger partial charge in [0.1, 0.15) is 5.82 Å². The molecule has 4 saturated carbocycles. The van der Waals surface area contributed by atoms with Gasteiger partial charge >= 0.3 is 5.97 Å². The summed E-state index contributed by atoms with van der Waals surface area (Å²) in [7, 11) is -2.86. The Morgan fingerprint density at radius 1 is 0.980 bits per heavy atom. The van der Waals surface area contributed by atoms with Crippen molar-refractivity contribution in [3.05, 3.63) is 53.4 Å². The molecule has 5 aliphatic carbocycles. The molecule has 0 spiro atoms. The van der Waals surface area contributed by atoms with Crippen LogP contribution in [0.2, 0.25) is 0 Å². The second-order valence-corrected chi connectivity index (χ2v) is 21.6. The summed E-state index contributed by atoms with van der Waals surface area (Å²) in [5, 5.41) is 13.3. The number of carbonyl (C=O) groups is 1. The summed E-state index contributed by atoms with van der Waals surface area (Å²) in [6.07, 6.45) is 13.3. The molecule has 1 aliphatic heterocycles. The molecule has 1 heterocycles. The number of allylic oxidation sites excluding steroid dienone is 3. The maximum absolute atomic E-state index is 14.9.